The van der Waals surface area contributed by atoms with Crippen molar-refractivity contribution < 1.29 is 0 Å². The van der Waals surface area contributed by atoms with Crippen LogP contribution in [0.5, 0.6) is 0 Å². The fourth-order valence-corrected chi connectivity index (χ4v) is 3.73. The first-order valence-electron chi connectivity index (χ1n) is 8.77. The molecular formula is C20H22N4S. The van der Waals surface area contributed by atoms with Crippen LogP contribution < -0.4 is 5.32 Å². The summed E-state index contributed by atoms with van der Waals surface area (Å²) in [7, 11) is 0. The lowest BCUT2D eigenvalue weighted by Crippen LogP contribution is -2.41. The lowest BCUT2D eigenvalue weighted by molar-refractivity contribution is 0.307. The third kappa shape index (κ3) is 3.37. The van der Waals surface area contributed by atoms with E-state index >= 15 is 0 Å². The molecule has 25 heavy (non-hydrogen) atoms. The molecule has 2 N–H and O–H groups in total. The van der Waals surface area contributed by atoms with Crippen molar-refractivity contribution >= 4 is 34.1 Å². The topological polar surface area (TPSA) is 44.0 Å². The number of aryl methyl sites for hydroxylation is 1. The molecule has 1 atom stereocenters. The molecule has 1 fully saturated rings. The van der Waals surface area contributed by atoms with Crippen LogP contribution in [-0.2, 0) is 0 Å². The average molecular weight is 350 g/mol. The Morgan fingerprint density at radius 2 is 2.00 bits per heavy atom. The summed E-state index contributed by atoms with van der Waals surface area (Å²) in [5, 5.41) is 4.21. The van der Waals surface area contributed by atoms with E-state index in [1.54, 1.807) is 0 Å². The van der Waals surface area contributed by atoms with Gasteiger partial charge in [0, 0.05) is 24.7 Å². The number of anilines is 1. The van der Waals surface area contributed by atoms with Gasteiger partial charge in [-0.05, 0) is 55.7 Å². The van der Waals surface area contributed by atoms with Crippen molar-refractivity contribution in [2.45, 2.75) is 25.7 Å². The Balaban J connectivity index is 1.48. The van der Waals surface area contributed by atoms with Crippen molar-refractivity contribution in [1.82, 2.24) is 14.9 Å². The number of nitrogens with one attached hydrogen (secondary N) is 2. The van der Waals surface area contributed by atoms with Gasteiger partial charge in [-0.1, -0.05) is 30.3 Å². The molecule has 5 heteroatoms. The van der Waals surface area contributed by atoms with Crippen LogP contribution >= 0.6 is 12.2 Å². The summed E-state index contributed by atoms with van der Waals surface area (Å²) in [6, 6.07) is 16.4. The lowest BCUT2D eigenvalue weighted by Gasteiger charge is -2.34. The average Bonchev–Trinajstić information content (AvgIpc) is 3.08. The van der Waals surface area contributed by atoms with E-state index in [9.17, 15) is 0 Å². The van der Waals surface area contributed by atoms with Gasteiger partial charge in [-0.25, -0.2) is 4.98 Å². The number of likely N-dealkylation sites (tertiary alicyclic amines) is 1. The van der Waals surface area contributed by atoms with Gasteiger partial charge in [0.2, 0.25) is 0 Å². The molecule has 1 aromatic heterocycles. The van der Waals surface area contributed by atoms with Crippen LogP contribution in [0.4, 0.5) is 5.69 Å². The van der Waals surface area contributed by atoms with Gasteiger partial charge in [0.1, 0.15) is 5.82 Å². The van der Waals surface area contributed by atoms with E-state index < -0.39 is 0 Å². The number of H-pyrrole nitrogens is 1. The van der Waals surface area contributed by atoms with Crippen LogP contribution in [0.25, 0.3) is 11.0 Å². The molecule has 128 valence electrons. The normalized spacial score (nSPS) is 17.6. The molecule has 1 aliphatic rings. The van der Waals surface area contributed by atoms with Gasteiger partial charge in [0.25, 0.3) is 0 Å². The maximum Gasteiger partial charge on any atom is 0.173 e. The number of aromatic nitrogens is 2. The minimum atomic E-state index is 0.387. The number of imidazole rings is 1. The Morgan fingerprint density at radius 1 is 1.20 bits per heavy atom. The molecule has 2 aromatic carbocycles. The summed E-state index contributed by atoms with van der Waals surface area (Å²) >= 11 is 5.67. The van der Waals surface area contributed by atoms with Crippen LogP contribution in [0.2, 0.25) is 0 Å². The van der Waals surface area contributed by atoms with E-state index in [-0.39, 0.29) is 0 Å². The van der Waals surface area contributed by atoms with Gasteiger partial charge in [-0.15, -0.1) is 0 Å². The Hall–Kier alpha value is -2.40. The van der Waals surface area contributed by atoms with Crippen LogP contribution in [0.3, 0.4) is 0 Å². The highest BCUT2D eigenvalue weighted by Crippen LogP contribution is 2.27. The second-order valence-electron chi connectivity index (χ2n) is 6.67. The smallest absolute Gasteiger partial charge is 0.173 e. The molecule has 0 bridgehead atoms. The van der Waals surface area contributed by atoms with Gasteiger partial charge in [-0.2, -0.15) is 0 Å². The third-order valence-corrected chi connectivity index (χ3v) is 5.25. The predicted octanol–water partition coefficient (Wildman–Crippen LogP) is 4.45. The zero-order chi connectivity index (χ0) is 17.2. The van der Waals surface area contributed by atoms with Gasteiger partial charge >= 0.3 is 0 Å². The van der Waals surface area contributed by atoms with Crippen LogP contribution in [-0.4, -0.2) is 33.1 Å². The highest BCUT2D eigenvalue weighted by Gasteiger charge is 2.25. The first kappa shape index (κ1) is 16.1. The second kappa shape index (κ2) is 6.84. The van der Waals surface area contributed by atoms with Crippen LogP contribution in [0.15, 0.2) is 48.5 Å². The fraction of sp³-hybridized carbons (Fsp3) is 0.300. The van der Waals surface area contributed by atoms with Gasteiger partial charge in [-0.3, -0.25) is 0 Å². The summed E-state index contributed by atoms with van der Waals surface area (Å²) in [4.78, 5) is 10.5. The number of hydrogen-bond acceptors (Lipinski definition) is 2. The summed E-state index contributed by atoms with van der Waals surface area (Å²) < 4.78 is 0. The van der Waals surface area contributed by atoms with Crippen molar-refractivity contribution in [3.05, 3.63) is 59.9 Å². The molecule has 0 amide bonds. The van der Waals surface area contributed by atoms with Crippen molar-refractivity contribution in [1.29, 1.82) is 0 Å². The number of piperidine rings is 1. The largest absolute Gasteiger partial charge is 0.348 e. The highest BCUT2D eigenvalue weighted by atomic mass is 32.1. The molecule has 0 unspecified atom stereocenters. The van der Waals surface area contributed by atoms with Gasteiger partial charge in [0.15, 0.2) is 5.11 Å². The first-order valence-corrected chi connectivity index (χ1v) is 9.18. The lowest BCUT2D eigenvalue weighted by atomic mass is 9.98. The minimum Gasteiger partial charge on any atom is -0.348 e. The molecule has 0 radical (unpaired) electrons. The Kier molecular flexibility index (Phi) is 4.40. The Morgan fingerprint density at radius 3 is 2.84 bits per heavy atom. The molecule has 3 aromatic rings. The maximum absolute atomic E-state index is 5.67. The Labute approximate surface area is 153 Å². The molecule has 1 aliphatic heterocycles. The summed E-state index contributed by atoms with van der Waals surface area (Å²) in [6.07, 6.45) is 2.26. The zero-order valence-corrected chi connectivity index (χ0v) is 15.1. The van der Waals surface area contributed by atoms with E-state index in [1.807, 2.05) is 24.3 Å². The standard InChI is InChI=1S/C20H22N4S/c1-14-7-2-3-9-16(14)23-20(25)24-12-6-8-15(13-24)19-21-17-10-4-5-11-18(17)22-19/h2-5,7,9-11,15H,6,8,12-13H2,1H3,(H,21,22)(H,23,25)/t15-/m0/s1. The maximum atomic E-state index is 5.67. The molecule has 4 rings (SSSR count). The minimum absolute atomic E-state index is 0.387. The predicted molar refractivity (Wildman–Crippen MR) is 107 cm³/mol. The number of aromatic amines is 1. The van der Waals surface area contributed by atoms with Crippen molar-refractivity contribution in [3.8, 4) is 0 Å². The highest BCUT2D eigenvalue weighted by molar-refractivity contribution is 7.80. The molecule has 1 saturated heterocycles. The summed E-state index contributed by atoms with van der Waals surface area (Å²) in [6.45, 7) is 3.99. The summed E-state index contributed by atoms with van der Waals surface area (Å²) in [5.41, 5.74) is 4.43. The third-order valence-electron chi connectivity index (χ3n) is 4.89. The number of fused-ring (bicyclic) bond motifs is 1. The Bertz CT molecular complexity index is 868. The van der Waals surface area contributed by atoms with Crippen molar-refractivity contribution in [3.63, 3.8) is 0 Å². The van der Waals surface area contributed by atoms with Crippen LogP contribution in [0.1, 0.15) is 30.1 Å². The van der Waals surface area contributed by atoms with E-state index in [2.05, 4.69) is 46.4 Å². The summed E-state index contributed by atoms with van der Waals surface area (Å²) in [5.74, 6) is 1.46. The van der Waals surface area contributed by atoms with Gasteiger partial charge in [0.05, 0.1) is 11.0 Å². The van der Waals surface area contributed by atoms with E-state index in [4.69, 9.17) is 17.2 Å². The van der Waals surface area contributed by atoms with Crippen molar-refractivity contribution in [2.24, 2.45) is 0 Å². The number of rotatable bonds is 2. The van der Waals surface area contributed by atoms with E-state index in [1.165, 1.54) is 5.56 Å². The number of nitrogens with zero attached hydrogens (tertiary/aromatic N) is 2. The number of benzene rings is 2. The molecule has 0 spiro atoms. The van der Waals surface area contributed by atoms with E-state index in [0.29, 0.717) is 5.92 Å². The van der Waals surface area contributed by atoms with Gasteiger partial charge < -0.3 is 15.2 Å². The van der Waals surface area contributed by atoms with E-state index in [0.717, 1.165) is 53.6 Å². The molecule has 2 heterocycles. The number of thiocarbonyl (C=S) groups is 1. The first-order chi connectivity index (χ1) is 12.2. The molecule has 0 saturated carbocycles. The zero-order valence-electron chi connectivity index (χ0n) is 14.3. The number of hydrogen-bond donors (Lipinski definition) is 2. The molecule has 4 nitrogen and oxygen atoms in total. The van der Waals surface area contributed by atoms with Crippen molar-refractivity contribution in [2.75, 3.05) is 18.4 Å². The molecular weight excluding hydrogens is 328 g/mol. The SMILES string of the molecule is Cc1ccccc1NC(=S)N1CCC[C@H](c2nc3ccccc3[nH]2)C1. The fourth-order valence-electron chi connectivity index (χ4n) is 3.46. The quantitative estimate of drug-likeness (QED) is 0.670. The van der Waals surface area contributed by atoms with Crippen LogP contribution in [0, 0.1) is 6.92 Å². The number of para-hydroxylation sites is 3. The second-order valence-corrected chi connectivity index (χ2v) is 7.06. The molecule has 0 aliphatic carbocycles. The monoisotopic (exact) mass is 350 g/mol.